The molecule has 0 aliphatic heterocycles. The van der Waals surface area contributed by atoms with Gasteiger partial charge in [-0.3, -0.25) is 9.59 Å². The second-order valence-corrected chi connectivity index (χ2v) is 4.72. The van der Waals surface area contributed by atoms with Gasteiger partial charge in [0.25, 0.3) is 0 Å². The lowest BCUT2D eigenvalue weighted by molar-refractivity contribution is -0.150. The van der Waals surface area contributed by atoms with Crippen molar-refractivity contribution in [2.75, 3.05) is 6.61 Å². The van der Waals surface area contributed by atoms with Gasteiger partial charge in [0, 0.05) is 0 Å². The zero-order valence-corrected chi connectivity index (χ0v) is 10.5. The summed E-state index contributed by atoms with van der Waals surface area (Å²) >= 11 is 5.45. The molecule has 1 rings (SSSR count). The first-order chi connectivity index (χ1) is 7.65. The molecule has 3 nitrogen and oxygen atoms in total. The van der Waals surface area contributed by atoms with Crippen molar-refractivity contribution in [2.24, 2.45) is 11.8 Å². The first kappa shape index (κ1) is 13.5. The molecule has 0 aromatic rings. The van der Waals surface area contributed by atoms with Crippen LogP contribution in [-0.4, -0.2) is 17.8 Å². The van der Waals surface area contributed by atoms with Gasteiger partial charge in [-0.15, -0.1) is 0 Å². The maximum atomic E-state index is 11.5. The van der Waals surface area contributed by atoms with Crippen LogP contribution in [0.4, 0.5) is 0 Å². The summed E-state index contributed by atoms with van der Waals surface area (Å²) in [7, 11) is 0. The standard InChI is InChI=1S/C12H19ClO3/c1-2-16-12(15)10(11(13)14)8-9-6-4-3-5-7-9/h9-10H,2-8H2,1H3. The van der Waals surface area contributed by atoms with Crippen molar-refractivity contribution in [3.63, 3.8) is 0 Å². The van der Waals surface area contributed by atoms with Crippen LogP contribution in [-0.2, 0) is 14.3 Å². The van der Waals surface area contributed by atoms with E-state index in [0.717, 1.165) is 12.8 Å². The summed E-state index contributed by atoms with van der Waals surface area (Å²) < 4.78 is 4.86. The highest BCUT2D eigenvalue weighted by Crippen LogP contribution is 2.30. The van der Waals surface area contributed by atoms with Crippen LogP contribution in [0.2, 0.25) is 0 Å². The van der Waals surface area contributed by atoms with Crippen molar-refractivity contribution in [3.05, 3.63) is 0 Å². The molecule has 0 radical (unpaired) electrons. The highest BCUT2D eigenvalue weighted by atomic mass is 35.5. The SMILES string of the molecule is CCOC(=O)C(CC1CCCCC1)C(=O)Cl. The lowest BCUT2D eigenvalue weighted by Crippen LogP contribution is -2.26. The van der Waals surface area contributed by atoms with Crippen molar-refractivity contribution >= 4 is 22.8 Å². The molecule has 1 atom stereocenters. The molecule has 0 heterocycles. The number of ether oxygens (including phenoxy) is 1. The molecule has 1 aliphatic rings. The van der Waals surface area contributed by atoms with E-state index < -0.39 is 17.1 Å². The molecule has 1 aliphatic carbocycles. The molecule has 1 saturated carbocycles. The predicted octanol–water partition coefficient (Wildman–Crippen LogP) is 2.90. The Morgan fingerprint density at radius 1 is 1.31 bits per heavy atom. The maximum absolute atomic E-state index is 11.5. The lowest BCUT2D eigenvalue weighted by Gasteiger charge is -2.23. The molecule has 0 bridgehead atoms. The molecular weight excluding hydrogens is 228 g/mol. The Hall–Kier alpha value is -0.570. The first-order valence-electron chi connectivity index (χ1n) is 6.01. The molecule has 1 unspecified atom stereocenters. The van der Waals surface area contributed by atoms with E-state index in [-0.39, 0.29) is 0 Å². The topological polar surface area (TPSA) is 43.4 Å². The fraction of sp³-hybridized carbons (Fsp3) is 0.833. The second-order valence-electron chi connectivity index (χ2n) is 4.35. The van der Waals surface area contributed by atoms with Crippen LogP contribution in [0.15, 0.2) is 0 Å². The Kier molecular flexibility index (Phi) is 5.81. The van der Waals surface area contributed by atoms with Crippen molar-refractivity contribution < 1.29 is 14.3 Å². The molecule has 0 N–H and O–H groups in total. The smallest absolute Gasteiger partial charge is 0.317 e. The number of esters is 1. The summed E-state index contributed by atoms with van der Waals surface area (Å²) in [5.41, 5.74) is 0. The Bertz CT molecular complexity index is 247. The van der Waals surface area contributed by atoms with Gasteiger partial charge in [-0.05, 0) is 30.9 Å². The Balaban J connectivity index is 2.49. The third-order valence-electron chi connectivity index (χ3n) is 3.14. The van der Waals surface area contributed by atoms with Crippen LogP contribution in [0.1, 0.15) is 45.4 Å². The first-order valence-corrected chi connectivity index (χ1v) is 6.39. The molecule has 0 amide bonds. The summed E-state index contributed by atoms with van der Waals surface area (Å²) in [5, 5.41) is -0.580. The molecule has 0 spiro atoms. The van der Waals surface area contributed by atoms with E-state index in [1.165, 1.54) is 19.3 Å². The molecule has 16 heavy (non-hydrogen) atoms. The number of halogens is 1. The van der Waals surface area contributed by atoms with Gasteiger partial charge < -0.3 is 4.74 Å². The Morgan fingerprint density at radius 2 is 1.94 bits per heavy atom. The number of hydrogen-bond acceptors (Lipinski definition) is 3. The molecule has 0 aromatic carbocycles. The van der Waals surface area contributed by atoms with Crippen LogP contribution >= 0.6 is 11.6 Å². The number of rotatable bonds is 5. The van der Waals surface area contributed by atoms with E-state index in [0.29, 0.717) is 18.9 Å². The third kappa shape index (κ3) is 4.12. The van der Waals surface area contributed by atoms with Crippen molar-refractivity contribution in [3.8, 4) is 0 Å². The Morgan fingerprint density at radius 3 is 2.44 bits per heavy atom. The number of hydrogen-bond donors (Lipinski definition) is 0. The minimum absolute atomic E-state index is 0.296. The summed E-state index contributed by atoms with van der Waals surface area (Å²) in [4.78, 5) is 22.7. The van der Waals surface area contributed by atoms with E-state index in [1.807, 2.05) is 0 Å². The largest absolute Gasteiger partial charge is 0.465 e. The van der Waals surface area contributed by atoms with E-state index in [1.54, 1.807) is 6.92 Å². The number of carbonyl (C=O) groups is 2. The minimum Gasteiger partial charge on any atom is -0.465 e. The molecule has 0 saturated heterocycles. The average molecular weight is 247 g/mol. The van der Waals surface area contributed by atoms with Gasteiger partial charge >= 0.3 is 5.97 Å². The monoisotopic (exact) mass is 246 g/mol. The summed E-state index contributed by atoms with van der Waals surface area (Å²) in [5.74, 6) is -0.774. The van der Waals surface area contributed by atoms with Crippen molar-refractivity contribution in [1.29, 1.82) is 0 Å². The molecule has 92 valence electrons. The van der Waals surface area contributed by atoms with Crippen LogP contribution in [0.3, 0.4) is 0 Å². The predicted molar refractivity (Wildman–Crippen MR) is 62.2 cm³/mol. The third-order valence-corrected chi connectivity index (χ3v) is 3.40. The summed E-state index contributed by atoms with van der Waals surface area (Å²) in [6.45, 7) is 2.03. The second kappa shape index (κ2) is 6.89. The normalized spacial score (nSPS) is 19.1. The van der Waals surface area contributed by atoms with Gasteiger partial charge in [0.05, 0.1) is 6.61 Å². The number of carbonyl (C=O) groups excluding carboxylic acids is 2. The minimum atomic E-state index is -0.760. The lowest BCUT2D eigenvalue weighted by atomic mass is 9.83. The fourth-order valence-electron chi connectivity index (χ4n) is 2.28. The molecular formula is C12H19ClO3. The molecule has 0 aromatic heterocycles. The zero-order chi connectivity index (χ0) is 12.0. The van der Waals surface area contributed by atoms with Crippen LogP contribution in [0.5, 0.6) is 0 Å². The van der Waals surface area contributed by atoms with Gasteiger partial charge in [0.15, 0.2) is 0 Å². The van der Waals surface area contributed by atoms with Crippen molar-refractivity contribution in [2.45, 2.75) is 45.4 Å². The summed E-state index contributed by atoms with van der Waals surface area (Å²) in [6.07, 6.45) is 6.39. The van der Waals surface area contributed by atoms with E-state index in [4.69, 9.17) is 16.3 Å². The van der Waals surface area contributed by atoms with Gasteiger partial charge in [0.2, 0.25) is 5.24 Å². The van der Waals surface area contributed by atoms with Crippen LogP contribution in [0.25, 0.3) is 0 Å². The van der Waals surface area contributed by atoms with Crippen molar-refractivity contribution in [1.82, 2.24) is 0 Å². The van der Waals surface area contributed by atoms with Crippen LogP contribution in [0, 0.1) is 11.8 Å². The summed E-state index contributed by atoms with van der Waals surface area (Å²) in [6, 6.07) is 0. The molecule has 1 fully saturated rings. The van der Waals surface area contributed by atoms with E-state index in [2.05, 4.69) is 0 Å². The van der Waals surface area contributed by atoms with Gasteiger partial charge in [0.1, 0.15) is 5.92 Å². The van der Waals surface area contributed by atoms with E-state index >= 15 is 0 Å². The van der Waals surface area contributed by atoms with Gasteiger partial charge in [-0.1, -0.05) is 32.1 Å². The fourth-order valence-corrected chi connectivity index (χ4v) is 2.46. The molecule has 4 heteroatoms. The highest BCUT2D eigenvalue weighted by Gasteiger charge is 2.30. The maximum Gasteiger partial charge on any atom is 0.317 e. The highest BCUT2D eigenvalue weighted by molar-refractivity contribution is 6.65. The van der Waals surface area contributed by atoms with Gasteiger partial charge in [-0.2, -0.15) is 0 Å². The van der Waals surface area contributed by atoms with Gasteiger partial charge in [-0.25, -0.2) is 0 Å². The average Bonchev–Trinajstić information content (AvgIpc) is 2.27. The zero-order valence-electron chi connectivity index (χ0n) is 9.71. The quantitative estimate of drug-likeness (QED) is 0.426. The van der Waals surface area contributed by atoms with E-state index in [9.17, 15) is 9.59 Å². The van der Waals surface area contributed by atoms with Crippen LogP contribution < -0.4 is 0 Å². The Labute approximate surface area is 101 Å².